The van der Waals surface area contributed by atoms with Crippen LogP contribution in [0.15, 0.2) is 54.9 Å². The number of benzene rings is 2. The second-order valence-corrected chi connectivity index (χ2v) is 7.20. The molecule has 0 spiro atoms. The quantitative estimate of drug-likeness (QED) is 0.509. The second-order valence-electron chi connectivity index (χ2n) is 7.20. The first kappa shape index (κ1) is 18.6. The number of hydrogen-bond acceptors (Lipinski definition) is 6. The fourth-order valence-electron chi connectivity index (χ4n) is 2.43. The molecule has 3 aromatic rings. The van der Waals surface area contributed by atoms with E-state index in [0.29, 0.717) is 11.5 Å². The van der Waals surface area contributed by atoms with Gasteiger partial charge in [-0.1, -0.05) is 32.9 Å². The molecule has 0 aliphatic heterocycles. The largest absolute Gasteiger partial charge is 0.479 e. The normalized spacial score (nSPS) is 12.4. The molecule has 0 aliphatic carbocycles. The average Bonchev–Trinajstić information content (AvgIpc) is 3.16. The van der Waals surface area contributed by atoms with Gasteiger partial charge in [0.05, 0.1) is 5.69 Å². The van der Waals surface area contributed by atoms with Gasteiger partial charge in [-0.15, -0.1) is 5.10 Å². The summed E-state index contributed by atoms with van der Waals surface area (Å²) in [7, 11) is 0. The van der Waals surface area contributed by atoms with Crippen molar-refractivity contribution in [2.24, 2.45) is 0 Å². The zero-order chi connectivity index (χ0) is 19.4. The summed E-state index contributed by atoms with van der Waals surface area (Å²) in [5.41, 5.74) is 2.04. The smallest absolute Gasteiger partial charge is 0.352 e. The molecule has 0 N–H and O–H groups in total. The molecular weight excluding hydrogens is 344 g/mol. The van der Waals surface area contributed by atoms with Gasteiger partial charge in [-0.05, 0) is 64.7 Å². The van der Waals surface area contributed by atoms with Crippen LogP contribution in [0.25, 0.3) is 5.69 Å². The Morgan fingerprint density at radius 3 is 2.19 bits per heavy atom. The zero-order valence-electron chi connectivity index (χ0n) is 15.8. The van der Waals surface area contributed by atoms with E-state index in [2.05, 4.69) is 36.3 Å². The molecular formula is C20H22N4O3. The number of tetrazole rings is 1. The summed E-state index contributed by atoms with van der Waals surface area (Å²) in [4.78, 5) is 12.3. The highest BCUT2D eigenvalue weighted by Crippen LogP contribution is 2.25. The summed E-state index contributed by atoms with van der Waals surface area (Å²) in [6.45, 7) is 8.10. The first-order valence-corrected chi connectivity index (χ1v) is 8.65. The van der Waals surface area contributed by atoms with Crippen LogP contribution in [0.3, 0.4) is 0 Å². The van der Waals surface area contributed by atoms with Gasteiger partial charge in [0, 0.05) is 0 Å². The topological polar surface area (TPSA) is 79.1 Å². The van der Waals surface area contributed by atoms with Crippen LogP contribution in [0.4, 0.5) is 0 Å². The predicted octanol–water partition coefficient (Wildman–Crippen LogP) is 3.33. The van der Waals surface area contributed by atoms with Crippen LogP contribution < -0.4 is 9.47 Å². The number of aromatic nitrogens is 4. The van der Waals surface area contributed by atoms with Gasteiger partial charge in [-0.25, -0.2) is 9.48 Å². The van der Waals surface area contributed by atoms with Crippen LogP contribution in [-0.2, 0) is 10.2 Å². The number of esters is 1. The van der Waals surface area contributed by atoms with Crippen LogP contribution in [-0.4, -0.2) is 32.3 Å². The predicted molar refractivity (Wildman–Crippen MR) is 100 cm³/mol. The lowest BCUT2D eigenvalue weighted by Gasteiger charge is -2.20. The van der Waals surface area contributed by atoms with Gasteiger partial charge < -0.3 is 9.47 Å². The van der Waals surface area contributed by atoms with Crippen molar-refractivity contribution in [1.29, 1.82) is 0 Å². The molecule has 1 heterocycles. The minimum absolute atomic E-state index is 0.0670. The summed E-state index contributed by atoms with van der Waals surface area (Å²) >= 11 is 0. The standard InChI is InChI=1S/C20H22N4O3/c1-14(26-17-9-5-15(6-10-17)20(2,3)4)19(25)27-18-11-7-16(8-12-18)24-13-21-22-23-24/h5-14H,1-4H3/t14-/m0/s1. The third-order valence-corrected chi connectivity index (χ3v) is 4.03. The van der Waals surface area contributed by atoms with Crippen molar-refractivity contribution >= 4 is 5.97 Å². The van der Waals surface area contributed by atoms with Crippen LogP contribution in [0, 0.1) is 0 Å². The number of ether oxygens (including phenoxy) is 2. The van der Waals surface area contributed by atoms with Gasteiger partial charge in [0.15, 0.2) is 6.10 Å². The Bertz CT molecular complexity index is 882. The molecule has 7 nitrogen and oxygen atoms in total. The number of carbonyl (C=O) groups is 1. The lowest BCUT2D eigenvalue weighted by molar-refractivity contribution is -0.141. The third kappa shape index (κ3) is 4.69. The molecule has 140 valence electrons. The summed E-state index contributed by atoms with van der Waals surface area (Å²) in [6, 6.07) is 14.6. The molecule has 3 rings (SSSR count). The monoisotopic (exact) mass is 366 g/mol. The van der Waals surface area contributed by atoms with Gasteiger partial charge in [-0.3, -0.25) is 0 Å². The number of nitrogens with zero attached hydrogens (tertiary/aromatic N) is 4. The van der Waals surface area contributed by atoms with Crippen LogP contribution in [0.1, 0.15) is 33.3 Å². The van der Waals surface area contributed by atoms with Crippen molar-refractivity contribution in [3.05, 3.63) is 60.4 Å². The Morgan fingerprint density at radius 1 is 1.00 bits per heavy atom. The Kier molecular flexibility index (Phi) is 5.21. The molecule has 1 atom stereocenters. The van der Waals surface area contributed by atoms with E-state index in [-0.39, 0.29) is 5.41 Å². The van der Waals surface area contributed by atoms with E-state index in [1.165, 1.54) is 16.6 Å². The number of hydrogen-bond donors (Lipinski definition) is 0. The van der Waals surface area contributed by atoms with E-state index >= 15 is 0 Å². The maximum atomic E-state index is 12.3. The van der Waals surface area contributed by atoms with E-state index in [0.717, 1.165) is 5.69 Å². The SMILES string of the molecule is C[C@H](Oc1ccc(C(C)(C)C)cc1)C(=O)Oc1ccc(-n2cnnn2)cc1. The van der Waals surface area contributed by atoms with Gasteiger partial charge in [0.25, 0.3) is 0 Å². The van der Waals surface area contributed by atoms with Crippen molar-refractivity contribution in [2.45, 2.75) is 39.2 Å². The van der Waals surface area contributed by atoms with Crippen LogP contribution in [0.5, 0.6) is 11.5 Å². The number of rotatable bonds is 5. The molecule has 2 aromatic carbocycles. The second kappa shape index (κ2) is 7.57. The highest BCUT2D eigenvalue weighted by atomic mass is 16.6. The Morgan fingerprint density at radius 2 is 1.63 bits per heavy atom. The lowest BCUT2D eigenvalue weighted by Crippen LogP contribution is -2.28. The number of carbonyl (C=O) groups excluding carboxylic acids is 1. The molecule has 0 aliphatic rings. The van der Waals surface area contributed by atoms with Gasteiger partial charge in [-0.2, -0.15) is 0 Å². The molecule has 0 saturated heterocycles. The summed E-state index contributed by atoms with van der Waals surface area (Å²) in [6.07, 6.45) is 0.756. The van der Waals surface area contributed by atoms with Crippen molar-refractivity contribution in [3.8, 4) is 17.2 Å². The van der Waals surface area contributed by atoms with E-state index < -0.39 is 12.1 Å². The van der Waals surface area contributed by atoms with Crippen molar-refractivity contribution < 1.29 is 14.3 Å². The van der Waals surface area contributed by atoms with Gasteiger partial charge in [0.1, 0.15) is 17.8 Å². The third-order valence-electron chi connectivity index (χ3n) is 4.03. The van der Waals surface area contributed by atoms with Crippen LogP contribution in [0.2, 0.25) is 0 Å². The minimum Gasteiger partial charge on any atom is -0.479 e. The average molecular weight is 366 g/mol. The van der Waals surface area contributed by atoms with Crippen molar-refractivity contribution in [3.63, 3.8) is 0 Å². The van der Waals surface area contributed by atoms with E-state index in [9.17, 15) is 4.79 Å². The van der Waals surface area contributed by atoms with Crippen molar-refractivity contribution in [2.75, 3.05) is 0 Å². The summed E-state index contributed by atoms with van der Waals surface area (Å²) in [5, 5.41) is 11.0. The maximum Gasteiger partial charge on any atom is 0.352 e. The molecule has 0 bridgehead atoms. The molecule has 0 fully saturated rings. The summed E-state index contributed by atoms with van der Waals surface area (Å²) in [5.74, 6) is 0.585. The highest BCUT2D eigenvalue weighted by Gasteiger charge is 2.18. The fraction of sp³-hybridized carbons (Fsp3) is 0.300. The van der Waals surface area contributed by atoms with Crippen LogP contribution >= 0.6 is 0 Å². The Hall–Kier alpha value is -3.22. The molecule has 7 heteroatoms. The molecule has 27 heavy (non-hydrogen) atoms. The molecule has 0 saturated carbocycles. The first-order chi connectivity index (χ1) is 12.8. The van der Waals surface area contributed by atoms with Gasteiger partial charge in [0.2, 0.25) is 0 Å². The first-order valence-electron chi connectivity index (χ1n) is 8.65. The minimum atomic E-state index is -0.732. The van der Waals surface area contributed by atoms with Gasteiger partial charge >= 0.3 is 5.97 Å². The zero-order valence-corrected chi connectivity index (χ0v) is 15.8. The lowest BCUT2D eigenvalue weighted by atomic mass is 9.87. The Labute approximate surface area is 157 Å². The summed E-state index contributed by atoms with van der Waals surface area (Å²) < 4.78 is 12.6. The maximum absolute atomic E-state index is 12.3. The highest BCUT2D eigenvalue weighted by molar-refractivity contribution is 5.77. The molecule has 0 unspecified atom stereocenters. The van der Waals surface area contributed by atoms with E-state index in [4.69, 9.17) is 9.47 Å². The van der Waals surface area contributed by atoms with Crippen molar-refractivity contribution in [1.82, 2.24) is 20.2 Å². The molecule has 0 radical (unpaired) electrons. The Balaban J connectivity index is 1.59. The molecule has 0 amide bonds. The van der Waals surface area contributed by atoms with E-state index in [1.54, 1.807) is 31.2 Å². The fourth-order valence-corrected chi connectivity index (χ4v) is 2.43. The molecule has 1 aromatic heterocycles. The van der Waals surface area contributed by atoms with E-state index in [1.807, 2.05) is 24.3 Å².